The SMILES string of the molecule is CC(C)(C)OC(=O)CC[C@@H](N)c1ccncc1. The topological polar surface area (TPSA) is 65.2 Å². The van der Waals surface area contributed by atoms with E-state index in [0.717, 1.165) is 5.56 Å². The molecule has 0 fully saturated rings. The van der Waals surface area contributed by atoms with Crippen molar-refractivity contribution in [2.24, 2.45) is 5.73 Å². The van der Waals surface area contributed by atoms with Crippen LogP contribution in [0.3, 0.4) is 0 Å². The zero-order valence-corrected chi connectivity index (χ0v) is 10.6. The Bertz CT molecular complexity index is 357. The van der Waals surface area contributed by atoms with Crippen molar-refractivity contribution in [2.45, 2.75) is 45.3 Å². The molecule has 2 N–H and O–H groups in total. The predicted molar refractivity (Wildman–Crippen MR) is 66.2 cm³/mol. The molecule has 0 aliphatic carbocycles. The molecule has 0 aliphatic rings. The molecule has 1 aromatic rings. The molecule has 94 valence electrons. The van der Waals surface area contributed by atoms with Crippen LogP contribution < -0.4 is 5.73 Å². The van der Waals surface area contributed by atoms with Crippen LogP contribution in [0.5, 0.6) is 0 Å². The number of ether oxygens (including phenoxy) is 1. The van der Waals surface area contributed by atoms with Crippen molar-refractivity contribution < 1.29 is 9.53 Å². The van der Waals surface area contributed by atoms with Crippen LogP contribution in [0.1, 0.15) is 45.2 Å². The molecular formula is C13H20N2O2. The Morgan fingerprint density at radius 1 is 1.41 bits per heavy atom. The summed E-state index contributed by atoms with van der Waals surface area (Å²) in [6, 6.07) is 3.57. The molecule has 0 aliphatic heterocycles. The lowest BCUT2D eigenvalue weighted by Gasteiger charge is -2.20. The zero-order chi connectivity index (χ0) is 12.9. The predicted octanol–water partition coefficient (Wildman–Crippen LogP) is 2.20. The van der Waals surface area contributed by atoms with Crippen molar-refractivity contribution in [3.63, 3.8) is 0 Å². The molecule has 0 spiro atoms. The Balaban J connectivity index is 2.39. The van der Waals surface area contributed by atoms with Crippen LogP contribution in [0.4, 0.5) is 0 Å². The lowest BCUT2D eigenvalue weighted by Crippen LogP contribution is -2.24. The Morgan fingerprint density at radius 3 is 2.53 bits per heavy atom. The van der Waals surface area contributed by atoms with E-state index >= 15 is 0 Å². The molecule has 0 unspecified atom stereocenters. The standard InChI is InChI=1S/C13H20N2O2/c1-13(2,3)17-12(16)5-4-11(14)10-6-8-15-9-7-10/h6-9,11H,4-5,14H2,1-3H3/t11-/m1/s1. The number of aromatic nitrogens is 1. The van der Waals surface area contributed by atoms with Crippen LogP contribution in [0.2, 0.25) is 0 Å². The van der Waals surface area contributed by atoms with Crippen LogP contribution in [0.25, 0.3) is 0 Å². The van der Waals surface area contributed by atoms with E-state index in [2.05, 4.69) is 4.98 Å². The van der Waals surface area contributed by atoms with Gasteiger partial charge in [0.1, 0.15) is 5.60 Å². The third-order valence-corrected chi connectivity index (χ3v) is 2.21. The fraction of sp³-hybridized carbons (Fsp3) is 0.538. The van der Waals surface area contributed by atoms with Gasteiger partial charge >= 0.3 is 5.97 Å². The molecule has 1 atom stereocenters. The van der Waals surface area contributed by atoms with E-state index in [0.29, 0.717) is 12.8 Å². The summed E-state index contributed by atoms with van der Waals surface area (Å²) in [5.74, 6) is -0.206. The van der Waals surface area contributed by atoms with Gasteiger partial charge in [0.2, 0.25) is 0 Å². The highest BCUT2D eigenvalue weighted by molar-refractivity contribution is 5.69. The van der Waals surface area contributed by atoms with E-state index in [1.807, 2.05) is 32.9 Å². The summed E-state index contributed by atoms with van der Waals surface area (Å²) in [7, 11) is 0. The molecule has 1 rings (SSSR count). The van der Waals surface area contributed by atoms with E-state index in [1.54, 1.807) is 12.4 Å². The largest absolute Gasteiger partial charge is 0.460 e. The Morgan fingerprint density at radius 2 is 2.00 bits per heavy atom. The minimum Gasteiger partial charge on any atom is -0.460 e. The number of nitrogens with zero attached hydrogens (tertiary/aromatic N) is 1. The highest BCUT2D eigenvalue weighted by Crippen LogP contribution is 2.16. The summed E-state index contributed by atoms with van der Waals surface area (Å²) in [5.41, 5.74) is 6.53. The first-order valence-corrected chi connectivity index (χ1v) is 5.76. The summed E-state index contributed by atoms with van der Waals surface area (Å²) < 4.78 is 5.22. The summed E-state index contributed by atoms with van der Waals surface area (Å²) in [5, 5.41) is 0. The van der Waals surface area contributed by atoms with Crippen molar-refractivity contribution >= 4 is 5.97 Å². The number of hydrogen-bond donors (Lipinski definition) is 1. The fourth-order valence-corrected chi connectivity index (χ4v) is 1.44. The summed E-state index contributed by atoms with van der Waals surface area (Å²) in [6.45, 7) is 5.56. The van der Waals surface area contributed by atoms with Gasteiger partial charge in [-0.1, -0.05) is 0 Å². The van der Waals surface area contributed by atoms with Gasteiger partial charge in [0.05, 0.1) is 0 Å². The molecular weight excluding hydrogens is 216 g/mol. The van der Waals surface area contributed by atoms with Gasteiger partial charge in [-0.3, -0.25) is 9.78 Å². The molecule has 1 heterocycles. The maximum absolute atomic E-state index is 11.5. The third-order valence-electron chi connectivity index (χ3n) is 2.21. The van der Waals surface area contributed by atoms with Gasteiger partial charge in [-0.05, 0) is 44.9 Å². The summed E-state index contributed by atoms with van der Waals surface area (Å²) in [6.07, 6.45) is 4.31. The zero-order valence-electron chi connectivity index (χ0n) is 10.6. The Labute approximate surface area is 102 Å². The number of carbonyl (C=O) groups excluding carboxylic acids is 1. The molecule has 0 aromatic carbocycles. The van der Waals surface area contributed by atoms with Crippen LogP contribution in [0, 0.1) is 0 Å². The number of hydrogen-bond acceptors (Lipinski definition) is 4. The monoisotopic (exact) mass is 236 g/mol. The third kappa shape index (κ3) is 5.45. The van der Waals surface area contributed by atoms with Gasteiger partial charge in [-0.25, -0.2) is 0 Å². The van der Waals surface area contributed by atoms with E-state index in [4.69, 9.17) is 10.5 Å². The number of pyridine rings is 1. The Kier molecular flexibility index (Phi) is 4.63. The van der Waals surface area contributed by atoms with Gasteiger partial charge in [-0.15, -0.1) is 0 Å². The lowest BCUT2D eigenvalue weighted by molar-refractivity contribution is -0.155. The minimum atomic E-state index is -0.433. The van der Waals surface area contributed by atoms with Crippen molar-refractivity contribution in [3.8, 4) is 0 Å². The van der Waals surface area contributed by atoms with E-state index in [-0.39, 0.29) is 12.0 Å². The number of nitrogens with two attached hydrogens (primary N) is 1. The smallest absolute Gasteiger partial charge is 0.306 e. The van der Waals surface area contributed by atoms with Gasteiger partial charge in [0.25, 0.3) is 0 Å². The number of rotatable bonds is 4. The Hall–Kier alpha value is -1.42. The van der Waals surface area contributed by atoms with Crippen LogP contribution in [-0.2, 0) is 9.53 Å². The first-order valence-electron chi connectivity index (χ1n) is 5.76. The molecule has 0 amide bonds. The number of esters is 1. The van der Waals surface area contributed by atoms with Crippen molar-refractivity contribution in [1.82, 2.24) is 4.98 Å². The molecule has 1 aromatic heterocycles. The molecule has 17 heavy (non-hydrogen) atoms. The van der Waals surface area contributed by atoms with E-state index in [1.165, 1.54) is 0 Å². The van der Waals surface area contributed by atoms with Gasteiger partial charge in [0.15, 0.2) is 0 Å². The molecule has 4 heteroatoms. The molecule has 0 saturated heterocycles. The van der Waals surface area contributed by atoms with Crippen molar-refractivity contribution in [1.29, 1.82) is 0 Å². The molecule has 0 bridgehead atoms. The molecule has 0 saturated carbocycles. The second-order valence-electron chi connectivity index (χ2n) is 5.01. The average molecular weight is 236 g/mol. The van der Waals surface area contributed by atoms with Gasteiger partial charge < -0.3 is 10.5 Å². The molecule has 4 nitrogen and oxygen atoms in total. The first-order chi connectivity index (χ1) is 7.88. The second kappa shape index (κ2) is 5.77. The highest BCUT2D eigenvalue weighted by atomic mass is 16.6. The van der Waals surface area contributed by atoms with E-state index < -0.39 is 5.60 Å². The van der Waals surface area contributed by atoms with Gasteiger partial charge in [0, 0.05) is 24.9 Å². The maximum atomic E-state index is 11.5. The number of carbonyl (C=O) groups is 1. The quantitative estimate of drug-likeness (QED) is 0.814. The van der Waals surface area contributed by atoms with Crippen molar-refractivity contribution in [3.05, 3.63) is 30.1 Å². The maximum Gasteiger partial charge on any atom is 0.306 e. The van der Waals surface area contributed by atoms with Crippen LogP contribution >= 0.6 is 0 Å². The average Bonchev–Trinajstić information content (AvgIpc) is 2.25. The van der Waals surface area contributed by atoms with E-state index in [9.17, 15) is 4.79 Å². The fourth-order valence-electron chi connectivity index (χ4n) is 1.44. The summed E-state index contributed by atoms with van der Waals surface area (Å²) in [4.78, 5) is 15.4. The summed E-state index contributed by atoms with van der Waals surface area (Å²) >= 11 is 0. The first kappa shape index (κ1) is 13.6. The van der Waals surface area contributed by atoms with Crippen LogP contribution in [0.15, 0.2) is 24.5 Å². The van der Waals surface area contributed by atoms with Crippen LogP contribution in [-0.4, -0.2) is 16.6 Å². The highest BCUT2D eigenvalue weighted by Gasteiger charge is 2.17. The normalized spacial score (nSPS) is 13.2. The molecule has 0 radical (unpaired) electrons. The van der Waals surface area contributed by atoms with Crippen molar-refractivity contribution in [2.75, 3.05) is 0 Å². The minimum absolute atomic E-state index is 0.148. The second-order valence-corrected chi connectivity index (χ2v) is 5.01. The lowest BCUT2D eigenvalue weighted by atomic mass is 10.0. The van der Waals surface area contributed by atoms with Gasteiger partial charge in [-0.2, -0.15) is 0 Å².